The highest BCUT2D eigenvalue weighted by atomic mass is 32.1. The molecule has 1 atom stereocenters. The van der Waals surface area contributed by atoms with Gasteiger partial charge < -0.3 is 9.88 Å². The molecule has 0 aliphatic rings. The molecule has 0 aromatic carbocycles. The standard InChI is InChI=1S/C13H20N4S/c1-4-5-17-9-14-7-12(17)8-15-11(3)13-16-6-10(2)18-13/h6-7,9,11,15H,4-5,8H2,1-3H3. The number of nitrogens with one attached hydrogen (secondary N) is 1. The zero-order valence-corrected chi connectivity index (χ0v) is 12.0. The molecule has 0 amide bonds. The molecule has 2 aromatic rings. The molecular formula is C13H20N4S. The van der Waals surface area contributed by atoms with E-state index < -0.39 is 0 Å². The van der Waals surface area contributed by atoms with Crippen molar-refractivity contribution in [1.82, 2.24) is 19.9 Å². The molecule has 0 saturated heterocycles. The van der Waals surface area contributed by atoms with Gasteiger partial charge in [-0.25, -0.2) is 9.97 Å². The number of nitrogens with zero attached hydrogens (tertiary/aromatic N) is 3. The van der Waals surface area contributed by atoms with E-state index in [-0.39, 0.29) is 6.04 Å². The molecule has 2 heterocycles. The van der Waals surface area contributed by atoms with Gasteiger partial charge in [0.05, 0.1) is 18.1 Å². The molecule has 2 aromatic heterocycles. The second-order valence-electron chi connectivity index (χ2n) is 4.49. The van der Waals surface area contributed by atoms with Crippen LogP contribution in [0, 0.1) is 6.92 Å². The van der Waals surface area contributed by atoms with Gasteiger partial charge in [-0.1, -0.05) is 6.92 Å². The monoisotopic (exact) mass is 264 g/mol. The van der Waals surface area contributed by atoms with E-state index in [1.54, 1.807) is 11.3 Å². The molecule has 0 aliphatic heterocycles. The zero-order chi connectivity index (χ0) is 13.0. The molecular weight excluding hydrogens is 244 g/mol. The van der Waals surface area contributed by atoms with Crippen molar-refractivity contribution in [2.75, 3.05) is 0 Å². The van der Waals surface area contributed by atoms with Crippen molar-refractivity contribution in [2.45, 2.75) is 46.3 Å². The van der Waals surface area contributed by atoms with Gasteiger partial charge in [0.25, 0.3) is 0 Å². The third-order valence-corrected chi connectivity index (χ3v) is 3.96. The second kappa shape index (κ2) is 6.11. The third-order valence-electron chi connectivity index (χ3n) is 2.86. The Morgan fingerprint density at radius 2 is 2.28 bits per heavy atom. The fourth-order valence-electron chi connectivity index (χ4n) is 1.85. The third kappa shape index (κ3) is 3.17. The lowest BCUT2D eigenvalue weighted by atomic mass is 10.3. The van der Waals surface area contributed by atoms with Crippen molar-refractivity contribution in [2.24, 2.45) is 0 Å². The number of aryl methyl sites for hydroxylation is 2. The Morgan fingerprint density at radius 1 is 1.44 bits per heavy atom. The predicted molar refractivity (Wildman–Crippen MR) is 74.6 cm³/mol. The molecule has 0 saturated carbocycles. The van der Waals surface area contributed by atoms with Crippen LogP contribution < -0.4 is 5.32 Å². The molecule has 1 unspecified atom stereocenters. The van der Waals surface area contributed by atoms with E-state index in [1.165, 1.54) is 10.6 Å². The molecule has 4 nitrogen and oxygen atoms in total. The highest BCUT2D eigenvalue weighted by Crippen LogP contribution is 2.19. The molecule has 5 heteroatoms. The first kappa shape index (κ1) is 13.2. The number of imidazole rings is 1. The van der Waals surface area contributed by atoms with Crippen molar-refractivity contribution in [1.29, 1.82) is 0 Å². The molecule has 0 spiro atoms. The van der Waals surface area contributed by atoms with Gasteiger partial charge in [-0.05, 0) is 20.3 Å². The zero-order valence-electron chi connectivity index (χ0n) is 11.2. The minimum Gasteiger partial charge on any atom is -0.333 e. The second-order valence-corrected chi connectivity index (χ2v) is 5.76. The van der Waals surface area contributed by atoms with E-state index in [2.05, 4.69) is 40.6 Å². The Balaban J connectivity index is 1.92. The van der Waals surface area contributed by atoms with Crippen LogP contribution in [0.1, 0.15) is 41.9 Å². The first-order chi connectivity index (χ1) is 8.70. The van der Waals surface area contributed by atoms with Gasteiger partial charge in [0.2, 0.25) is 0 Å². The summed E-state index contributed by atoms with van der Waals surface area (Å²) in [6.45, 7) is 8.28. The maximum Gasteiger partial charge on any atom is 0.109 e. The number of hydrogen-bond acceptors (Lipinski definition) is 4. The van der Waals surface area contributed by atoms with Crippen LogP contribution in [0.2, 0.25) is 0 Å². The Bertz CT molecular complexity index is 489. The van der Waals surface area contributed by atoms with Crippen LogP contribution in [0.25, 0.3) is 0 Å². The van der Waals surface area contributed by atoms with Gasteiger partial charge in [0, 0.05) is 30.4 Å². The molecule has 2 rings (SSSR count). The molecule has 0 bridgehead atoms. The maximum atomic E-state index is 4.41. The summed E-state index contributed by atoms with van der Waals surface area (Å²) in [5, 5.41) is 4.65. The average Bonchev–Trinajstić information content (AvgIpc) is 2.96. The van der Waals surface area contributed by atoms with Crippen LogP contribution >= 0.6 is 11.3 Å². The highest BCUT2D eigenvalue weighted by Gasteiger charge is 2.10. The summed E-state index contributed by atoms with van der Waals surface area (Å²) >= 11 is 1.75. The number of thiazole rings is 1. The van der Waals surface area contributed by atoms with Crippen LogP contribution in [0.15, 0.2) is 18.7 Å². The summed E-state index contributed by atoms with van der Waals surface area (Å²) < 4.78 is 2.20. The van der Waals surface area contributed by atoms with Gasteiger partial charge in [-0.2, -0.15) is 0 Å². The van der Waals surface area contributed by atoms with Crippen molar-refractivity contribution >= 4 is 11.3 Å². The molecule has 0 radical (unpaired) electrons. The van der Waals surface area contributed by atoms with Crippen molar-refractivity contribution < 1.29 is 0 Å². The van der Waals surface area contributed by atoms with Crippen LogP contribution in [0.3, 0.4) is 0 Å². The van der Waals surface area contributed by atoms with E-state index >= 15 is 0 Å². The topological polar surface area (TPSA) is 42.7 Å². The van der Waals surface area contributed by atoms with E-state index in [0.29, 0.717) is 0 Å². The maximum absolute atomic E-state index is 4.41. The quantitative estimate of drug-likeness (QED) is 0.872. The lowest BCUT2D eigenvalue weighted by Gasteiger charge is -2.12. The van der Waals surface area contributed by atoms with Gasteiger partial charge in [-0.3, -0.25) is 0 Å². The number of aromatic nitrogens is 3. The molecule has 1 N–H and O–H groups in total. The first-order valence-corrected chi connectivity index (χ1v) is 7.17. The SMILES string of the molecule is CCCn1cncc1CNC(C)c1ncc(C)s1. The van der Waals surface area contributed by atoms with E-state index in [4.69, 9.17) is 0 Å². The van der Waals surface area contributed by atoms with Gasteiger partial charge in [0.15, 0.2) is 0 Å². The van der Waals surface area contributed by atoms with Gasteiger partial charge in [0.1, 0.15) is 5.01 Å². The summed E-state index contributed by atoms with van der Waals surface area (Å²) in [6.07, 6.45) is 6.89. The van der Waals surface area contributed by atoms with Crippen molar-refractivity contribution in [3.63, 3.8) is 0 Å². The Labute approximate surface area is 112 Å². The number of rotatable bonds is 6. The van der Waals surface area contributed by atoms with Gasteiger partial charge >= 0.3 is 0 Å². The summed E-state index contributed by atoms with van der Waals surface area (Å²) in [6, 6.07) is 0.286. The summed E-state index contributed by atoms with van der Waals surface area (Å²) in [4.78, 5) is 9.87. The van der Waals surface area contributed by atoms with Crippen LogP contribution in [-0.4, -0.2) is 14.5 Å². The fraction of sp³-hybridized carbons (Fsp3) is 0.538. The number of hydrogen-bond donors (Lipinski definition) is 1. The van der Waals surface area contributed by atoms with Crippen molar-refractivity contribution in [3.8, 4) is 0 Å². The van der Waals surface area contributed by atoms with E-state index in [9.17, 15) is 0 Å². The molecule has 18 heavy (non-hydrogen) atoms. The molecule has 98 valence electrons. The summed E-state index contributed by atoms with van der Waals surface area (Å²) in [5.41, 5.74) is 1.23. The summed E-state index contributed by atoms with van der Waals surface area (Å²) in [7, 11) is 0. The van der Waals surface area contributed by atoms with E-state index in [0.717, 1.165) is 24.5 Å². The van der Waals surface area contributed by atoms with Crippen LogP contribution in [0.5, 0.6) is 0 Å². The van der Waals surface area contributed by atoms with E-state index in [1.807, 2.05) is 18.7 Å². The largest absolute Gasteiger partial charge is 0.333 e. The molecule has 0 aliphatic carbocycles. The Kier molecular flexibility index (Phi) is 4.49. The average molecular weight is 264 g/mol. The first-order valence-electron chi connectivity index (χ1n) is 6.35. The summed E-state index contributed by atoms with van der Waals surface area (Å²) in [5.74, 6) is 0. The van der Waals surface area contributed by atoms with Gasteiger partial charge in [-0.15, -0.1) is 11.3 Å². The predicted octanol–water partition coefficient (Wildman–Crippen LogP) is 2.91. The van der Waals surface area contributed by atoms with Crippen molar-refractivity contribution in [3.05, 3.63) is 34.3 Å². The minimum atomic E-state index is 0.286. The smallest absolute Gasteiger partial charge is 0.109 e. The fourth-order valence-corrected chi connectivity index (χ4v) is 2.66. The minimum absolute atomic E-state index is 0.286. The lowest BCUT2D eigenvalue weighted by molar-refractivity contribution is 0.540. The Morgan fingerprint density at radius 3 is 2.94 bits per heavy atom. The lowest BCUT2D eigenvalue weighted by Crippen LogP contribution is -2.19. The molecule has 0 fully saturated rings. The Hall–Kier alpha value is -1.20. The van der Waals surface area contributed by atoms with Crippen LogP contribution in [0.4, 0.5) is 0 Å². The normalized spacial score (nSPS) is 12.8. The highest BCUT2D eigenvalue weighted by molar-refractivity contribution is 7.11. The van der Waals surface area contributed by atoms with Crippen LogP contribution in [-0.2, 0) is 13.1 Å².